The van der Waals surface area contributed by atoms with Gasteiger partial charge < -0.3 is 5.11 Å². The third kappa shape index (κ3) is 1.84. The van der Waals surface area contributed by atoms with Gasteiger partial charge in [-0.15, -0.1) is 0 Å². The summed E-state index contributed by atoms with van der Waals surface area (Å²) < 4.78 is 0. The maximum atomic E-state index is 10.6. The summed E-state index contributed by atoms with van der Waals surface area (Å²) in [4.78, 5) is 0. The first-order valence-corrected chi connectivity index (χ1v) is 6.34. The molecule has 0 radical (unpaired) electrons. The van der Waals surface area contributed by atoms with E-state index in [1.165, 1.54) is 32.1 Å². The molecule has 0 spiro atoms. The number of aliphatic hydroxyl groups is 1. The first-order valence-electron chi connectivity index (χ1n) is 6.34. The largest absolute Gasteiger partial charge is 0.390 e. The summed E-state index contributed by atoms with van der Waals surface area (Å²) in [5.74, 6) is 2.17. The molecule has 82 valence electrons. The van der Waals surface area contributed by atoms with Crippen molar-refractivity contribution in [2.45, 2.75) is 64.4 Å². The van der Waals surface area contributed by atoms with Crippen molar-refractivity contribution in [3.8, 4) is 0 Å². The van der Waals surface area contributed by atoms with Gasteiger partial charge in [0.2, 0.25) is 0 Å². The molecule has 2 unspecified atom stereocenters. The molecular formula is C13H24O. The van der Waals surface area contributed by atoms with Gasteiger partial charge in [0, 0.05) is 0 Å². The predicted molar refractivity (Wildman–Crippen MR) is 59.1 cm³/mol. The molecule has 14 heavy (non-hydrogen) atoms. The molecule has 2 rings (SSSR count). The average Bonchev–Trinajstić information content (AvgIpc) is 1.99. The van der Waals surface area contributed by atoms with Crippen molar-refractivity contribution in [1.29, 1.82) is 0 Å². The fourth-order valence-electron chi connectivity index (χ4n) is 3.21. The van der Waals surface area contributed by atoms with Crippen LogP contribution in [-0.4, -0.2) is 10.7 Å². The Morgan fingerprint density at radius 1 is 1.14 bits per heavy atom. The standard InChI is InChI=1S/C13H24O/c1-10(2)11-5-4-8-13(14,9-11)12-6-3-7-12/h10-12,14H,3-9H2,1-2H3. The van der Waals surface area contributed by atoms with Crippen LogP contribution in [0.4, 0.5) is 0 Å². The predicted octanol–water partition coefficient (Wildman–Crippen LogP) is 3.36. The van der Waals surface area contributed by atoms with Crippen LogP contribution in [0.2, 0.25) is 0 Å². The van der Waals surface area contributed by atoms with E-state index in [4.69, 9.17) is 0 Å². The van der Waals surface area contributed by atoms with Gasteiger partial charge >= 0.3 is 0 Å². The lowest BCUT2D eigenvalue weighted by molar-refractivity contribution is -0.0952. The van der Waals surface area contributed by atoms with Crippen LogP contribution in [0, 0.1) is 17.8 Å². The van der Waals surface area contributed by atoms with Crippen LogP contribution < -0.4 is 0 Å². The third-order valence-corrected chi connectivity index (χ3v) is 4.61. The Hall–Kier alpha value is -0.0400. The average molecular weight is 196 g/mol. The van der Waals surface area contributed by atoms with Gasteiger partial charge in [-0.2, -0.15) is 0 Å². The minimum absolute atomic E-state index is 0.272. The SMILES string of the molecule is CC(C)C1CCCC(O)(C2CCC2)C1. The molecule has 2 fully saturated rings. The van der Waals surface area contributed by atoms with Crippen LogP contribution in [0.1, 0.15) is 58.8 Å². The van der Waals surface area contributed by atoms with E-state index in [2.05, 4.69) is 13.8 Å². The molecule has 1 nitrogen and oxygen atoms in total. The molecule has 2 aliphatic carbocycles. The lowest BCUT2D eigenvalue weighted by Crippen LogP contribution is -2.46. The highest BCUT2D eigenvalue weighted by Crippen LogP contribution is 2.47. The van der Waals surface area contributed by atoms with Crippen LogP contribution in [-0.2, 0) is 0 Å². The van der Waals surface area contributed by atoms with E-state index >= 15 is 0 Å². The summed E-state index contributed by atoms with van der Waals surface area (Å²) in [7, 11) is 0. The second-order valence-electron chi connectivity index (χ2n) is 5.83. The molecule has 1 N–H and O–H groups in total. The maximum absolute atomic E-state index is 10.6. The van der Waals surface area contributed by atoms with E-state index in [1.54, 1.807) is 0 Å². The van der Waals surface area contributed by atoms with E-state index in [0.29, 0.717) is 5.92 Å². The van der Waals surface area contributed by atoms with Crippen molar-refractivity contribution in [2.24, 2.45) is 17.8 Å². The first-order chi connectivity index (χ1) is 6.62. The first kappa shape index (κ1) is 10.5. The summed E-state index contributed by atoms with van der Waals surface area (Å²) >= 11 is 0. The summed E-state index contributed by atoms with van der Waals surface area (Å²) in [6.07, 6.45) is 8.64. The van der Waals surface area contributed by atoms with E-state index in [0.717, 1.165) is 24.7 Å². The van der Waals surface area contributed by atoms with E-state index in [1.807, 2.05) is 0 Å². The Balaban J connectivity index is 1.97. The van der Waals surface area contributed by atoms with Crippen LogP contribution in [0.25, 0.3) is 0 Å². The Kier molecular flexibility index (Phi) is 2.88. The summed E-state index contributed by atoms with van der Waals surface area (Å²) in [6.45, 7) is 4.61. The molecule has 0 saturated heterocycles. The van der Waals surface area contributed by atoms with Gasteiger partial charge in [-0.3, -0.25) is 0 Å². The topological polar surface area (TPSA) is 20.2 Å². The van der Waals surface area contributed by atoms with Gasteiger partial charge in [0.1, 0.15) is 0 Å². The van der Waals surface area contributed by atoms with Crippen molar-refractivity contribution in [3.05, 3.63) is 0 Å². The van der Waals surface area contributed by atoms with Crippen LogP contribution in [0.5, 0.6) is 0 Å². The molecule has 2 saturated carbocycles. The summed E-state index contributed by atoms with van der Waals surface area (Å²) in [6, 6.07) is 0. The molecule has 0 aliphatic heterocycles. The van der Waals surface area contributed by atoms with Gasteiger partial charge in [-0.25, -0.2) is 0 Å². The van der Waals surface area contributed by atoms with Crippen molar-refractivity contribution >= 4 is 0 Å². The van der Waals surface area contributed by atoms with Gasteiger partial charge in [-0.1, -0.05) is 26.7 Å². The molecule has 0 aromatic rings. The van der Waals surface area contributed by atoms with Gasteiger partial charge in [-0.05, 0) is 49.9 Å². The molecule has 1 heteroatoms. The van der Waals surface area contributed by atoms with Crippen molar-refractivity contribution in [3.63, 3.8) is 0 Å². The molecule has 0 amide bonds. The zero-order valence-corrected chi connectivity index (χ0v) is 9.63. The Morgan fingerprint density at radius 2 is 1.86 bits per heavy atom. The minimum Gasteiger partial charge on any atom is -0.390 e. The second-order valence-corrected chi connectivity index (χ2v) is 5.83. The number of rotatable bonds is 2. The Labute approximate surface area is 87.9 Å². The Bertz CT molecular complexity index is 195. The van der Waals surface area contributed by atoms with Crippen molar-refractivity contribution < 1.29 is 5.11 Å². The zero-order valence-electron chi connectivity index (χ0n) is 9.63. The van der Waals surface area contributed by atoms with Gasteiger partial charge in [0.05, 0.1) is 5.60 Å². The van der Waals surface area contributed by atoms with E-state index in [9.17, 15) is 5.11 Å². The minimum atomic E-state index is -0.272. The highest BCUT2D eigenvalue weighted by atomic mass is 16.3. The zero-order chi connectivity index (χ0) is 10.2. The summed E-state index contributed by atoms with van der Waals surface area (Å²) in [5.41, 5.74) is -0.272. The molecule has 0 heterocycles. The fraction of sp³-hybridized carbons (Fsp3) is 1.00. The van der Waals surface area contributed by atoms with Crippen molar-refractivity contribution in [2.75, 3.05) is 0 Å². The molecule has 0 bridgehead atoms. The molecule has 2 aliphatic rings. The smallest absolute Gasteiger partial charge is 0.0678 e. The molecule has 0 aromatic heterocycles. The van der Waals surface area contributed by atoms with Gasteiger partial charge in [0.15, 0.2) is 0 Å². The molecule has 2 atom stereocenters. The quantitative estimate of drug-likeness (QED) is 0.718. The summed E-state index contributed by atoms with van der Waals surface area (Å²) in [5, 5.41) is 10.6. The van der Waals surface area contributed by atoms with Gasteiger partial charge in [0.25, 0.3) is 0 Å². The monoisotopic (exact) mass is 196 g/mol. The lowest BCUT2D eigenvalue weighted by atomic mass is 9.63. The fourth-order valence-corrected chi connectivity index (χ4v) is 3.21. The Morgan fingerprint density at radius 3 is 2.36 bits per heavy atom. The number of hydrogen-bond acceptors (Lipinski definition) is 1. The van der Waals surface area contributed by atoms with Crippen LogP contribution in [0.3, 0.4) is 0 Å². The van der Waals surface area contributed by atoms with Crippen LogP contribution in [0.15, 0.2) is 0 Å². The van der Waals surface area contributed by atoms with E-state index < -0.39 is 0 Å². The maximum Gasteiger partial charge on any atom is 0.0678 e. The lowest BCUT2D eigenvalue weighted by Gasteiger charge is -2.47. The second kappa shape index (κ2) is 3.84. The third-order valence-electron chi connectivity index (χ3n) is 4.61. The van der Waals surface area contributed by atoms with Crippen LogP contribution >= 0.6 is 0 Å². The highest BCUT2D eigenvalue weighted by Gasteiger charge is 2.43. The molecule has 0 aromatic carbocycles. The van der Waals surface area contributed by atoms with Crippen molar-refractivity contribution in [1.82, 2.24) is 0 Å². The van der Waals surface area contributed by atoms with E-state index in [-0.39, 0.29) is 5.60 Å². The highest BCUT2D eigenvalue weighted by molar-refractivity contribution is 4.95. The molecular weight excluding hydrogens is 172 g/mol. The number of hydrogen-bond donors (Lipinski definition) is 1. The normalized spacial score (nSPS) is 39.9.